The molecule has 0 saturated carbocycles. The van der Waals surface area contributed by atoms with E-state index in [0.717, 1.165) is 25.2 Å². The summed E-state index contributed by atoms with van der Waals surface area (Å²) in [6, 6.07) is 8.53. The van der Waals surface area contributed by atoms with Gasteiger partial charge in [0.25, 0.3) is 0 Å². The molecule has 6 heteroatoms. The molecule has 1 amide bonds. The summed E-state index contributed by atoms with van der Waals surface area (Å²) in [5.74, 6) is -0.364. The fourth-order valence-corrected chi connectivity index (χ4v) is 3.24. The van der Waals surface area contributed by atoms with Crippen molar-refractivity contribution in [2.24, 2.45) is 0 Å². The Bertz CT molecular complexity index is 713. The first-order valence-corrected chi connectivity index (χ1v) is 8.23. The lowest BCUT2D eigenvalue weighted by Crippen LogP contribution is -2.45. The Kier molecular flexibility index (Phi) is 4.94. The quantitative estimate of drug-likeness (QED) is 0.860. The van der Waals surface area contributed by atoms with Crippen molar-refractivity contribution >= 4 is 5.91 Å². The standard InChI is InChI=1S/C18H23FN4O/c1-21(2)12-15-8-10-23-16(7-9-20-23)13-22(15)18(24)11-14-5-3-4-6-17(14)19/h3-7,9,15H,8,10-13H2,1-2H3/t15-/m1/s1. The minimum absolute atomic E-state index is 0.0402. The molecule has 0 unspecified atom stereocenters. The number of fused-ring (bicyclic) bond motifs is 1. The molecule has 0 spiro atoms. The highest BCUT2D eigenvalue weighted by molar-refractivity contribution is 5.79. The van der Waals surface area contributed by atoms with Crippen LogP contribution in [0.5, 0.6) is 0 Å². The average molecular weight is 330 g/mol. The number of likely N-dealkylation sites (N-methyl/N-ethyl adjacent to an activating group) is 1. The Morgan fingerprint density at radius 3 is 2.88 bits per heavy atom. The highest BCUT2D eigenvalue weighted by Crippen LogP contribution is 2.20. The molecule has 1 aliphatic rings. The van der Waals surface area contributed by atoms with E-state index in [1.54, 1.807) is 24.4 Å². The zero-order valence-corrected chi connectivity index (χ0v) is 14.2. The molecule has 0 aliphatic carbocycles. The second-order valence-corrected chi connectivity index (χ2v) is 6.54. The summed E-state index contributed by atoms with van der Waals surface area (Å²) in [7, 11) is 4.01. The van der Waals surface area contributed by atoms with Crippen LogP contribution in [0.1, 0.15) is 17.7 Å². The van der Waals surface area contributed by atoms with E-state index in [1.165, 1.54) is 6.07 Å². The van der Waals surface area contributed by atoms with Crippen molar-refractivity contribution in [2.75, 3.05) is 20.6 Å². The molecule has 1 aromatic carbocycles. The van der Waals surface area contributed by atoms with Gasteiger partial charge in [-0.05, 0) is 38.2 Å². The van der Waals surface area contributed by atoms with Crippen LogP contribution in [-0.4, -0.2) is 52.2 Å². The number of aromatic nitrogens is 2. The number of hydrogen-bond acceptors (Lipinski definition) is 3. The monoisotopic (exact) mass is 330 g/mol. The summed E-state index contributed by atoms with van der Waals surface area (Å²) < 4.78 is 15.9. The minimum atomic E-state index is -0.324. The molecule has 0 bridgehead atoms. The van der Waals surface area contributed by atoms with Crippen molar-refractivity contribution in [3.63, 3.8) is 0 Å². The zero-order valence-electron chi connectivity index (χ0n) is 14.2. The molecule has 1 aromatic heterocycles. The summed E-state index contributed by atoms with van der Waals surface area (Å²) in [5.41, 5.74) is 1.47. The highest BCUT2D eigenvalue weighted by atomic mass is 19.1. The molecule has 0 saturated heterocycles. The van der Waals surface area contributed by atoms with Gasteiger partial charge in [0, 0.05) is 25.3 Å². The first-order chi connectivity index (χ1) is 11.5. The van der Waals surface area contributed by atoms with Gasteiger partial charge in [0.15, 0.2) is 0 Å². The predicted molar refractivity (Wildman–Crippen MR) is 89.8 cm³/mol. The lowest BCUT2D eigenvalue weighted by atomic mass is 10.1. The third-order valence-electron chi connectivity index (χ3n) is 4.45. The Morgan fingerprint density at radius 1 is 1.33 bits per heavy atom. The number of carbonyl (C=O) groups is 1. The molecule has 5 nitrogen and oxygen atoms in total. The number of amides is 1. The normalized spacial score (nSPS) is 17.7. The van der Waals surface area contributed by atoms with Crippen LogP contribution in [0.2, 0.25) is 0 Å². The van der Waals surface area contributed by atoms with Gasteiger partial charge >= 0.3 is 0 Å². The SMILES string of the molecule is CN(C)C[C@H]1CCn2nccc2CN1C(=O)Cc1ccccc1F. The molecular weight excluding hydrogens is 307 g/mol. The van der Waals surface area contributed by atoms with Gasteiger partial charge in [-0.3, -0.25) is 9.48 Å². The van der Waals surface area contributed by atoms with Crippen molar-refractivity contribution in [3.05, 3.63) is 53.6 Å². The van der Waals surface area contributed by atoms with E-state index in [1.807, 2.05) is 29.7 Å². The Labute approximate surface area is 141 Å². The molecule has 128 valence electrons. The lowest BCUT2D eigenvalue weighted by molar-refractivity contribution is -0.133. The van der Waals surface area contributed by atoms with E-state index >= 15 is 0 Å². The fourth-order valence-electron chi connectivity index (χ4n) is 3.24. The number of benzene rings is 1. The van der Waals surface area contributed by atoms with Crippen molar-refractivity contribution in [2.45, 2.75) is 32.0 Å². The molecular formula is C18H23FN4O. The average Bonchev–Trinajstić information content (AvgIpc) is 2.91. The van der Waals surface area contributed by atoms with Crippen LogP contribution in [0, 0.1) is 5.82 Å². The number of rotatable bonds is 4. The summed E-state index contributed by atoms with van der Waals surface area (Å²) in [4.78, 5) is 16.9. The highest BCUT2D eigenvalue weighted by Gasteiger charge is 2.28. The first-order valence-electron chi connectivity index (χ1n) is 8.23. The van der Waals surface area contributed by atoms with Crippen LogP contribution >= 0.6 is 0 Å². The second-order valence-electron chi connectivity index (χ2n) is 6.54. The van der Waals surface area contributed by atoms with Gasteiger partial charge in [-0.2, -0.15) is 5.10 Å². The van der Waals surface area contributed by atoms with Crippen LogP contribution in [0.15, 0.2) is 36.5 Å². The van der Waals surface area contributed by atoms with Crippen LogP contribution in [0.3, 0.4) is 0 Å². The topological polar surface area (TPSA) is 41.4 Å². The van der Waals surface area contributed by atoms with E-state index < -0.39 is 0 Å². The number of halogens is 1. The summed E-state index contributed by atoms with van der Waals surface area (Å²) in [6.45, 7) is 2.10. The van der Waals surface area contributed by atoms with Gasteiger partial charge in [0.1, 0.15) is 5.82 Å². The Morgan fingerprint density at radius 2 is 2.12 bits per heavy atom. The maximum atomic E-state index is 13.9. The predicted octanol–water partition coefficient (Wildman–Crippen LogP) is 1.93. The third-order valence-corrected chi connectivity index (χ3v) is 4.45. The summed E-state index contributed by atoms with van der Waals surface area (Å²) in [6.07, 6.45) is 2.70. The van der Waals surface area contributed by atoms with Crippen molar-refractivity contribution in [1.29, 1.82) is 0 Å². The smallest absolute Gasteiger partial charge is 0.227 e. The number of nitrogens with zero attached hydrogens (tertiary/aromatic N) is 4. The maximum absolute atomic E-state index is 13.9. The van der Waals surface area contributed by atoms with Gasteiger partial charge in [0.2, 0.25) is 5.91 Å². The third kappa shape index (κ3) is 3.64. The molecule has 0 radical (unpaired) electrons. The van der Waals surface area contributed by atoms with Gasteiger partial charge in [-0.25, -0.2) is 4.39 Å². The second kappa shape index (κ2) is 7.13. The molecule has 2 aromatic rings. The van der Waals surface area contributed by atoms with Crippen molar-refractivity contribution in [3.8, 4) is 0 Å². The largest absolute Gasteiger partial charge is 0.332 e. The van der Waals surface area contributed by atoms with E-state index in [-0.39, 0.29) is 24.2 Å². The van der Waals surface area contributed by atoms with Gasteiger partial charge < -0.3 is 9.80 Å². The zero-order chi connectivity index (χ0) is 17.1. The molecule has 2 heterocycles. The first kappa shape index (κ1) is 16.6. The number of hydrogen-bond donors (Lipinski definition) is 0. The molecule has 0 N–H and O–H groups in total. The van der Waals surface area contributed by atoms with Crippen LogP contribution in [-0.2, 0) is 24.3 Å². The van der Waals surface area contributed by atoms with Crippen molar-refractivity contribution < 1.29 is 9.18 Å². The molecule has 0 fully saturated rings. The molecule has 24 heavy (non-hydrogen) atoms. The lowest BCUT2D eigenvalue weighted by Gasteiger charge is -2.32. The minimum Gasteiger partial charge on any atom is -0.332 e. The number of aryl methyl sites for hydroxylation is 1. The van der Waals surface area contributed by atoms with E-state index in [4.69, 9.17) is 0 Å². The maximum Gasteiger partial charge on any atom is 0.227 e. The summed E-state index contributed by atoms with van der Waals surface area (Å²) >= 11 is 0. The van der Waals surface area contributed by atoms with E-state index in [2.05, 4.69) is 10.00 Å². The summed E-state index contributed by atoms with van der Waals surface area (Å²) in [5, 5.41) is 4.33. The van der Waals surface area contributed by atoms with Gasteiger partial charge in [-0.15, -0.1) is 0 Å². The van der Waals surface area contributed by atoms with Gasteiger partial charge in [0.05, 0.1) is 18.7 Å². The Balaban J connectivity index is 1.82. The van der Waals surface area contributed by atoms with Crippen LogP contribution in [0.25, 0.3) is 0 Å². The van der Waals surface area contributed by atoms with Crippen LogP contribution < -0.4 is 0 Å². The van der Waals surface area contributed by atoms with Crippen LogP contribution in [0.4, 0.5) is 4.39 Å². The van der Waals surface area contributed by atoms with E-state index in [0.29, 0.717) is 12.1 Å². The Hall–Kier alpha value is -2.21. The molecule has 1 atom stereocenters. The van der Waals surface area contributed by atoms with Gasteiger partial charge in [-0.1, -0.05) is 18.2 Å². The molecule has 1 aliphatic heterocycles. The van der Waals surface area contributed by atoms with Crippen molar-refractivity contribution in [1.82, 2.24) is 19.6 Å². The fraction of sp³-hybridized carbons (Fsp3) is 0.444. The van der Waals surface area contributed by atoms with E-state index in [9.17, 15) is 9.18 Å². The molecule has 3 rings (SSSR count). The number of carbonyl (C=O) groups excluding carboxylic acids is 1.